The van der Waals surface area contributed by atoms with E-state index in [4.69, 9.17) is 10.4 Å². The molecular weight excluding hydrogens is 146 g/mol. The number of rotatable bonds is 2. The Morgan fingerprint density at radius 1 is 1.82 bits per heavy atom. The highest BCUT2D eigenvalue weighted by atomic mass is 16.4. The Balaban J connectivity index is 4.09. The zero-order valence-corrected chi connectivity index (χ0v) is 6.33. The number of hydrogen-bond donors (Lipinski definition) is 2. The summed E-state index contributed by atoms with van der Waals surface area (Å²) in [4.78, 5) is 13.9. The molecule has 0 aromatic rings. The summed E-state index contributed by atoms with van der Waals surface area (Å²) in [5, 5.41) is 18.7. The average Bonchev–Trinajstić information content (AvgIpc) is 1.87. The summed E-state index contributed by atoms with van der Waals surface area (Å²) in [6.45, 7) is 2.97. The Hall–Kier alpha value is -1.57. The topological polar surface area (TPSA) is 85.5 Å². The first-order valence-electron chi connectivity index (χ1n) is 3.00. The molecule has 0 unspecified atom stereocenters. The molecule has 5 nitrogen and oxygen atoms in total. The summed E-state index contributed by atoms with van der Waals surface area (Å²) < 4.78 is 0. The monoisotopic (exact) mass is 155 g/mol. The number of aliphatic carboxylic acids is 1. The van der Waals surface area contributed by atoms with E-state index in [1.807, 2.05) is 0 Å². The number of amidine groups is 1. The molecule has 1 atom stereocenters. The predicted octanol–water partition coefficient (Wildman–Crippen LogP) is -0.0514. The summed E-state index contributed by atoms with van der Waals surface area (Å²) in [6.07, 6.45) is 1.64. The van der Waals surface area contributed by atoms with Gasteiger partial charge in [-0.25, -0.2) is 4.79 Å². The quantitative estimate of drug-likeness (QED) is 0.253. The van der Waals surface area contributed by atoms with Crippen LogP contribution in [0.5, 0.6) is 0 Å². The van der Waals surface area contributed by atoms with E-state index in [1.165, 1.54) is 13.8 Å². The van der Waals surface area contributed by atoms with Gasteiger partial charge in [0.15, 0.2) is 6.19 Å². The smallest absolute Gasteiger partial charge is 0.328 e. The van der Waals surface area contributed by atoms with Gasteiger partial charge in [0.05, 0.1) is 0 Å². The van der Waals surface area contributed by atoms with Crippen molar-refractivity contribution in [1.82, 2.24) is 5.32 Å². The van der Waals surface area contributed by atoms with Crippen LogP contribution in [0.2, 0.25) is 0 Å². The molecule has 0 aliphatic carbocycles. The molecule has 0 amide bonds. The largest absolute Gasteiger partial charge is 0.480 e. The van der Waals surface area contributed by atoms with Crippen molar-refractivity contribution in [3.05, 3.63) is 0 Å². The number of nitriles is 1. The van der Waals surface area contributed by atoms with Crippen LogP contribution >= 0.6 is 0 Å². The molecule has 0 aromatic heterocycles. The molecule has 5 heteroatoms. The van der Waals surface area contributed by atoms with Gasteiger partial charge in [0.1, 0.15) is 11.9 Å². The fourth-order valence-electron chi connectivity index (χ4n) is 0.459. The number of aliphatic imine (C=N–C) groups is 1. The van der Waals surface area contributed by atoms with Crippen LogP contribution in [-0.4, -0.2) is 23.0 Å². The van der Waals surface area contributed by atoms with Gasteiger partial charge < -0.3 is 5.11 Å². The van der Waals surface area contributed by atoms with Crippen LogP contribution in [0, 0.1) is 11.5 Å². The highest BCUT2D eigenvalue weighted by Crippen LogP contribution is 1.88. The second-order valence-corrected chi connectivity index (χ2v) is 1.97. The molecule has 0 spiro atoms. The van der Waals surface area contributed by atoms with Crippen LogP contribution in [0.15, 0.2) is 4.99 Å². The Labute approximate surface area is 64.4 Å². The Bertz CT molecular complexity index is 216. The number of carbonyl (C=O) groups is 1. The van der Waals surface area contributed by atoms with E-state index in [-0.39, 0.29) is 0 Å². The molecule has 0 saturated carbocycles. The van der Waals surface area contributed by atoms with Gasteiger partial charge in [-0.15, -0.1) is 0 Å². The second kappa shape index (κ2) is 4.28. The van der Waals surface area contributed by atoms with Gasteiger partial charge in [-0.05, 0) is 13.8 Å². The normalized spacial score (nSPS) is 13.4. The minimum Gasteiger partial charge on any atom is -0.480 e. The Morgan fingerprint density at radius 2 is 2.36 bits per heavy atom. The lowest BCUT2D eigenvalue weighted by molar-refractivity contribution is -0.137. The van der Waals surface area contributed by atoms with Crippen molar-refractivity contribution in [1.29, 1.82) is 5.26 Å². The Morgan fingerprint density at radius 3 is 2.73 bits per heavy atom. The van der Waals surface area contributed by atoms with Crippen molar-refractivity contribution in [3.8, 4) is 6.19 Å². The lowest BCUT2D eigenvalue weighted by Gasteiger charge is -2.00. The fraction of sp³-hybridized carbons (Fsp3) is 0.500. The number of hydrogen-bond acceptors (Lipinski definition) is 3. The molecule has 11 heavy (non-hydrogen) atoms. The predicted molar refractivity (Wildman–Crippen MR) is 39.0 cm³/mol. The van der Waals surface area contributed by atoms with Crippen LogP contribution in [0.3, 0.4) is 0 Å². The van der Waals surface area contributed by atoms with E-state index in [1.54, 1.807) is 6.19 Å². The van der Waals surface area contributed by atoms with Gasteiger partial charge in [-0.3, -0.25) is 10.3 Å². The van der Waals surface area contributed by atoms with Crippen LogP contribution in [0.25, 0.3) is 0 Å². The summed E-state index contributed by atoms with van der Waals surface area (Å²) >= 11 is 0. The van der Waals surface area contributed by atoms with Gasteiger partial charge >= 0.3 is 5.97 Å². The standard InChI is InChI=1S/C6H9N3O2/c1-4(6(10)11)9-5(2)8-3-7/h4H,1-2H3,(H,8,9)(H,10,11)/t4-/m0/s1. The van der Waals surface area contributed by atoms with Gasteiger partial charge in [0.2, 0.25) is 0 Å². The first-order valence-corrected chi connectivity index (χ1v) is 3.00. The van der Waals surface area contributed by atoms with Crippen molar-refractivity contribution in [2.45, 2.75) is 19.9 Å². The van der Waals surface area contributed by atoms with Crippen molar-refractivity contribution >= 4 is 11.8 Å². The third-order valence-electron chi connectivity index (χ3n) is 0.981. The van der Waals surface area contributed by atoms with E-state index in [0.29, 0.717) is 5.84 Å². The van der Waals surface area contributed by atoms with E-state index in [0.717, 1.165) is 0 Å². The third kappa shape index (κ3) is 3.92. The molecule has 0 saturated heterocycles. The molecule has 0 rings (SSSR count). The maximum Gasteiger partial charge on any atom is 0.328 e. The van der Waals surface area contributed by atoms with Crippen LogP contribution in [0.4, 0.5) is 0 Å². The number of carboxylic acids is 1. The number of carboxylic acid groups (broad SMARTS) is 1. The minimum absolute atomic E-state index is 0.308. The van der Waals surface area contributed by atoms with Crippen LogP contribution < -0.4 is 5.32 Å². The van der Waals surface area contributed by atoms with Gasteiger partial charge in [-0.1, -0.05) is 0 Å². The van der Waals surface area contributed by atoms with E-state index in [2.05, 4.69) is 10.3 Å². The summed E-state index contributed by atoms with van der Waals surface area (Å²) in [7, 11) is 0. The highest BCUT2D eigenvalue weighted by molar-refractivity contribution is 5.84. The maximum absolute atomic E-state index is 10.2. The molecule has 0 aliphatic heterocycles. The molecular formula is C6H9N3O2. The van der Waals surface area contributed by atoms with Gasteiger partial charge in [0.25, 0.3) is 0 Å². The Kier molecular flexibility index (Phi) is 3.67. The number of nitrogens with zero attached hydrogens (tertiary/aromatic N) is 2. The maximum atomic E-state index is 10.2. The second-order valence-electron chi connectivity index (χ2n) is 1.97. The minimum atomic E-state index is -1.01. The third-order valence-corrected chi connectivity index (χ3v) is 0.981. The van der Waals surface area contributed by atoms with Crippen molar-refractivity contribution in [2.24, 2.45) is 4.99 Å². The van der Waals surface area contributed by atoms with E-state index in [9.17, 15) is 4.79 Å². The molecule has 0 radical (unpaired) electrons. The van der Waals surface area contributed by atoms with Gasteiger partial charge in [0, 0.05) is 0 Å². The lowest BCUT2D eigenvalue weighted by atomic mass is 10.4. The summed E-state index contributed by atoms with van der Waals surface area (Å²) in [5.41, 5.74) is 0. The van der Waals surface area contributed by atoms with Crippen LogP contribution in [0.1, 0.15) is 13.8 Å². The first kappa shape index (κ1) is 9.43. The van der Waals surface area contributed by atoms with Crippen LogP contribution in [-0.2, 0) is 4.79 Å². The molecule has 60 valence electrons. The summed E-state index contributed by atoms with van der Waals surface area (Å²) in [6, 6.07) is -0.809. The summed E-state index contributed by atoms with van der Waals surface area (Å²) in [5.74, 6) is -0.702. The lowest BCUT2D eigenvalue weighted by Crippen LogP contribution is -2.20. The van der Waals surface area contributed by atoms with Crippen molar-refractivity contribution in [2.75, 3.05) is 0 Å². The van der Waals surface area contributed by atoms with E-state index < -0.39 is 12.0 Å². The molecule has 0 bridgehead atoms. The van der Waals surface area contributed by atoms with Crippen molar-refractivity contribution in [3.63, 3.8) is 0 Å². The van der Waals surface area contributed by atoms with E-state index >= 15 is 0 Å². The average molecular weight is 155 g/mol. The highest BCUT2D eigenvalue weighted by Gasteiger charge is 2.07. The first-order chi connectivity index (χ1) is 5.07. The van der Waals surface area contributed by atoms with Gasteiger partial charge in [-0.2, -0.15) is 5.26 Å². The fourth-order valence-corrected chi connectivity index (χ4v) is 0.459. The zero-order valence-electron chi connectivity index (χ0n) is 6.33. The molecule has 0 aromatic carbocycles. The molecule has 0 heterocycles. The SMILES string of the molecule is CC(=N[C@@H](C)C(=O)O)NC#N. The number of nitrogens with one attached hydrogen (secondary N) is 1. The van der Waals surface area contributed by atoms with Crippen molar-refractivity contribution < 1.29 is 9.90 Å². The zero-order chi connectivity index (χ0) is 8.85. The molecule has 0 aliphatic rings. The molecule has 0 fully saturated rings. The molecule has 2 N–H and O–H groups in total.